The molecule has 7 nitrogen and oxygen atoms in total. The van der Waals surface area contributed by atoms with Gasteiger partial charge >= 0.3 is 0 Å². The molecule has 0 aliphatic carbocycles. The lowest BCUT2D eigenvalue weighted by Gasteiger charge is -2.25. The monoisotopic (exact) mass is 425 g/mol. The van der Waals surface area contributed by atoms with E-state index >= 15 is 0 Å². The Bertz CT molecular complexity index is 913. The third-order valence-electron chi connectivity index (χ3n) is 5.79. The number of aryl methyl sites for hydroxylation is 2. The SMILES string of the molecule is CCCCN(CCCC)CCCC(=O)N1c2ccccc2NC(=O)c2c1c(C)nn2C. The largest absolute Gasteiger partial charge is 0.319 e. The molecule has 2 aromatic rings. The molecule has 0 atom stereocenters. The van der Waals surface area contributed by atoms with Crippen LogP contribution in [0.5, 0.6) is 0 Å². The van der Waals surface area contributed by atoms with Crippen molar-refractivity contribution in [3.63, 3.8) is 0 Å². The third-order valence-corrected chi connectivity index (χ3v) is 5.79. The molecule has 1 N–H and O–H groups in total. The number of anilines is 3. The minimum absolute atomic E-state index is 0.00719. The lowest BCUT2D eigenvalue weighted by atomic mass is 10.1. The maximum atomic E-state index is 13.5. The van der Waals surface area contributed by atoms with E-state index in [0.717, 1.165) is 26.1 Å². The number of benzene rings is 1. The predicted molar refractivity (Wildman–Crippen MR) is 125 cm³/mol. The van der Waals surface area contributed by atoms with E-state index in [0.29, 0.717) is 34.9 Å². The molecule has 0 radical (unpaired) electrons. The Morgan fingerprint density at radius 3 is 2.39 bits per heavy atom. The van der Waals surface area contributed by atoms with Crippen molar-refractivity contribution in [2.75, 3.05) is 29.9 Å². The Balaban J connectivity index is 1.81. The van der Waals surface area contributed by atoms with Crippen molar-refractivity contribution in [3.05, 3.63) is 35.7 Å². The summed E-state index contributed by atoms with van der Waals surface area (Å²) in [5.74, 6) is -0.251. The van der Waals surface area contributed by atoms with Crippen molar-refractivity contribution in [2.24, 2.45) is 7.05 Å². The fourth-order valence-electron chi connectivity index (χ4n) is 4.17. The van der Waals surface area contributed by atoms with E-state index in [4.69, 9.17) is 0 Å². The van der Waals surface area contributed by atoms with Gasteiger partial charge in [0.05, 0.1) is 17.1 Å². The van der Waals surface area contributed by atoms with E-state index in [1.54, 1.807) is 16.6 Å². The Kier molecular flexibility index (Phi) is 7.85. The summed E-state index contributed by atoms with van der Waals surface area (Å²) in [5, 5.41) is 7.36. The maximum Gasteiger partial charge on any atom is 0.276 e. The lowest BCUT2D eigenvalue weighted by molar-refractivity contribution is -0.118. The number of rotatable bonds is 10. The molecule has 1 aliphatic rings. The van der Waals surface area contributed by atoms with Gasteiger partial charge in [0.15, 0.2) is 5.69 Å². The van der Waals surface area contributed by atoms with Crippen LogP contribution in [0.2, 0.25) is 0 Å². The highest BCUT2D eigenvalue weighted by atomic mass is 16.2. The van der Waals surface area contributed by atoms with E-state index < -0.39 is 0 Å². The quantitative estimate of drug-likeness (QED) is 0.602. The summed E-state index contributed by atoms with van der Waals surface area (Å²) >= 11 is 0. The molecule has 168 valence electrons. The van der Waals surface area contributed by atoms with Crippen molar-refractivity contribution in [3.8, 4) is 0 Å². The molecular weight excluding hydrogens is 390 g/mol. The van der Waals surface area contributed by atoms with Gasteiger partial charge in [-0.2, -0.15) is 5.10 Å². The molecule has 2 heterocycles. The first-order valence-corrected chi connectivity index (χ1v) is 11.5. The van der Waals surface area contributed by atoms with Crippen LogP contribution in [0.4, 0.5) is 17.1 Å². The second kappa shape index (κ2) is 10.6. The Morgan fingerprint density at radius 2 is 1.71 bits per heavy atom. The minimum atomic E-state index is -0.244. The van der Waals surface area contributed by atoms with Crippen molar-refractivity contribution in [2.45, 2.75) is 59.3 Å². The number of hydrogen-bond donors (Lipinski definition) is 1. The fraction of sp³-hybridized carbons (Fsp3) is 0.542. The Labute approximate surface area is 185 Å². The molecule has 1 aliphatic heterocycles. The number of nitrogens with zero attached hydrogens (tertiary/aromatic N) is 4. The Hall–Kier alpha value is -2.67. The van der Waals surface area contributed by atoms with Crippen LogP contribution in [0.15, 0.2) is 24.3 Å². The molecule has 0 fully saturated rings. The summed E-state index contributed by atoms with van der Waals surface area (Å²) in [7, 11) is 1.74. The molecule has 1 aromatic carbocycles. The summed E-state index contributed by atoms with van der Waals surface area (Å²) in [4.78, 5) is 30.5. The van der Waals surface area contributed by atoms with Gasteiger partial charge in [0.25, 0.3) is 5.91 Å². The van der Waals surface area contributed by atoms with Gasteiger partial charge in [0.2, 0.25) is 5.91 Å². The average molecular weight is 426 g/mol. The molecule has 7 heteroatoms. The van der Waals surface area contributed by atoms with Crippen LogP contribution in [-0.4, -0.2) is 46.1 Å². The van der Waals surface area contributed by atoms with E-state index in [1.807, 2.05) is 31.2 Å². The van der Waals surface area contributed by atoms with Gasteiger partial charge < -0.3 is 10.2 Å². The molecule has 0 unspecified atom stereocenters. The molecule has 0 saturated heterocycles. The summed E-state index contributed by atoms with van der Waals surface area (Å²) in [5.41, 5.74) is 3.01. The molecule has 1 aromatic heterocycles. The number of aromatic nitrogens is 2. The number of carbonyl (C=O) groups is 2. The number of nitrogens with one attached hydrogen (secondary N) is 1. The molecule has 31 heavy (non-hydrogen) atoms. The first kappa shape index (κ1) is 23.0. The molecular formula is C24H35N5O2. The third kappa shape index (κ3) is 5.15. The second-order valence-corrected chi connectivity index (χ2v) is 8.26. The molecule has 3 rings (SSSR count). The number of para-hydroxylation sites is 2. The van der Waals surface area contributed by atoms with Crippen LogP contribution in [-0.2, 0) is 11.8 Å². The molecule has 0 spiro atoms. The summed E-state index contributed by atoms with van der Waals surface area (Å²) in [6.45, 7) is 9.35. The summed E-state index contributed by atoms with van der Waals surface area (Å²) in [6.07, 6.45) is 5.94. The van der Waals surface area contributed by atoms with E-state index in [1.165, 1.54) is 25.7 Å². The van der Waals surface area contributed by atoms with Crippen molar-refractivity contribution >= 4 is 28.9 Å². The van der Waals surface area contributed by atoms with Crippen LogP contribution < -0.4 is 10.2 Å². The summed E-state index contributed by atoms with van der Waals surface area (Å²) < 4.78 is 1.56. The van der Waals surface area contributed by atoms with Crippen LogP contribution in [0.1, 0.15) is 68.6 Å². The van der Waals surface area contributed by atoms with Gasteiger partial charge in [-0.25, -0.2) is 0 Å². The first-order chi connectivity index (χ1) is 15.0. The molecule has 0 saturated carbocycles. The average Bonchev–Trinajstić information content (AvgIpc) is 2.96. The molecule has 0 bridgehead atoms. The zero-order valence-corrected chi connectivity index (χ0v) is 19.3. The van der Waals surface area contributed by atoms with Gasteiger partial charge in [-0.05, 0) is 58.0 Å². The van der Waals surface area contributed by atoms with Gasteiger partial charge in [-0.15, -0.1) is 0 Å². The lowest BCUT2D eigenvalue weighted by Crippen LogP contribution is -2.30. The van der Waals surface area contributed by atoms with Crippen LogP contribution >= 0.6 is 0 Å². The zero-order valence-electron chi connectivity index (χ0n) is 19.3. The standard InChI is InChI=1S/C24H35N5O2/c1-5-7-15-28(16-8-6-2)17-11-14-21(30)29-20-13-10-9-12-19(20)25-24(31)23-22(29)18(3)26-27(23)4/h9-10,12-13H,5-8,11,14-17H2,1-4H3,(H,25,31). The van der Waals surface area contributed by atoms with E-state index in [-0.39, 0.29) is 11.8 Å². The second-order valence-electron chi connectivity index (χ2n) is 8.26. The molecule has 2 amide bonds. The van der Waals surface area contributed by atoms with E-state index in [9.17, 15) is 9.59 Å². The van der Waals surface area contributed by atoms with Gasteiger partial charge in [-0.3, -0.25) is 19.2 Å². The zero-order chi connectivity index (χ0) is 22.4. The first-order valence-electron chi connectivity index (χ1n) is 11.5. The van der Waals surface area contributed by atoms with Crippen LogP contribution in [0.3, 0.4) is 0 Å². The van der Waals surface area contributed by atoms with Crippen LogP contribution in [0.25, 0.3) is 0 Å². The maximum absolute atomic E-state index is 13.5. The summed E-state index contributed by atoms with van der Waals surface area (Å²) in [6, 6.07) is 7.46. The number of unbranched alkanes of at least 4 members (excludes halogenated alkanes) is 2. The van der Waals surface area contributed by atoms with Gasteiger partial charge in [0, 0.05) is 13.5 Å². The number of fused-ring (bicyclic) bond motifs is 2. The van der Waals surface area contributed by atoms with Crippen LogP contribution in [0, 0.1) is 6.92 Å². The van der Waals surface area contributed by atoms with Crippen molar-refractivity contribution < 1.29 is 9.59 Å². The van der Waals surface area contributed by atoms with Crippen molar-refractivity contribution in [1.29, 1.82) is 0 Å². The Morgan fingerprint density at radius 1 is 1.06 bits per heavy atom. The number of amides is 2. The van der Waals surface area contributed by atoms with Gasteiger partial charge in [0.1, 0.15) is 5.69 Å². The number of hydrogen-bond acceptors (Lipinski definition) is 4. The highest BCUT2D eigenvalue weighted by Gasteiger charge is 2.33. The van der Waals surface area contributed by atoms with Crippen molar-refractivity contribution in [1.82, 2.24) is 14.7 Å². The smallest absolute Gasteiger partial charge is 0.276 e. The highest BCUT2D eigenvalue weighted by molar-refractivity contribution is 6.17. The number of carbonyl (C=O) groups excluding carboxylic acids is 2. The fourth-order valence-corrected chi connectivity index (χ4v) is 4.17. The highest BCUT2D eigenvalue weighted by Crippen LogP contribution is 2.39. The topological polar surface area (TPSA) is 70.5 Å². The normalized spacial score (nSPS) is 13.1. The predicted octanol–water partition coefficient (Wildman–Crippen LogP) is 4.64. The van der Waals surface area contributed by atoms with E-state index in [2.05, 4.69) is 29.2 Å². The minimum Gasteiger partial charge on any atom is -0.319 e. The van der Waals surface area contributed by atoms with Gasteiger partial charge in [-0.1, -0.05) is 38.8 Å².